The average molecular weight is 303 g/mol. The molecule has 0 aliphatic carbocycles. The lowest BCUT2D eigenvalue weighted by atomic mass is 10.3. The first-order valence-electron chi connectivity index (χ1n) is 6.81. The van der Waals surface area contributed by atoms with Crippen molar-refractivity contribution in [1.29, 1.82) is 0 Å². The maximum absolute atomic E-state index is 12.1. The Hall–Kier alpha value is -0.890. The average Bonchev–Trinajstić information content (AvgIpc) is 2.76. The molecule has 1 aromatic heterocycles. The molecule has 0 amide bonds. The second-order valence-corrected chi connectivity index (χ2v) is 6.83. The molecule has 0 radical (unpaired) electrons. The first-order chi connectivity index (χ1) is 9.35. The number of hydrogen-bond acceptors (Lipinski definition) is 5. The number of nitrogens with one attached hydrogen (secondary N) is 2. The minimum Gasteiger partial charge on any atom is -0.447 e. The van der Waals surface area contributed by atoms with Crippen molar-refractivity contribution >= 4 is 10.0 Å². The molecule has 0 aliphatic heterocycles. The van der Waals surface area contributed by atoms with Crippen molar-refractivity contribution in [2.24, 2.45) is 0 Å². The molecule has 0 aromatic carbocycles. The van der Waals surface area contributed by atoms with Crippen LogP contribution in [0.25, 0.3) is 0 Å². The minimum atomic E-state index is -3.59. The molecule has 0 fully saturated rings. The Balaban J connectivity index is 2.63. The van der Waals surface area contributed by atoms with Gasteiger partial charge in [0.25, 0.3) is 10.0 Å². The molecule has 2 N–H and O–H groups in total. The zero-order valence-electron chi connectivity index (χ0n) is 12.6. The van der Waals surface area contributed by atoms with Gasteiger partial charge in [0, 0.05) is 12.6 Å². The van der Waals surface area contributed by atoms with Gasteiger partial charge in [-0.3, -0.25) is 0 Å². The van der Waals surface area contributed by atoms with Crippen molar-refractivity contribution in [1.82, 2.24) is 14.9 Å². The van der Waals surface area contributed by atoms with Crippen LogP contribution in [0.2, 0.25) is 0 Å². The first-order valence-corrected chi connectivity index (χ1v) is 8.30. The van der Waals surface area contributed by atoms with E-state index in [4.69, 9.17) is 4.42 Å². The van der Waals surface area contributed by atoms with Crippen molar-refractivity contribution in [3.63, 3.8) is 0 Å². The predicted molar refractivity (Wildman–Crippen MR) is 79.0 cm³/mol. The summed E-state index contributed by atoms with van der Waals surface area (Å²) >= 11 is 0. The molecule has 0 saturated carbocycles. The number of sulfonamides is 1. The van der Waals surface area contributed by atoms with E-state index in [-0.39, 0.29) is 11.1 Å². The number of likely N-dealkylation sites (N-methyl/N-ethyl adjacent to an activating group) is 1. The van der Waals surface area contributed by atoms with Crippen LogP contribution in [0.5, 0.6) is 0 Å². The summed E-state index contributed by atoms with van der Waals surface area (Å²) < 4.78 is 32.2. The van der Waals surface area contributed by atoms with Crippen LogP contribution < -0.4 is 10.0 Å². The Kier molecular flexibility index (Phi) is 6.67. The van der Waals surface area contributed by atoms with Crippen LogP contribution in [0, 0.1) is 0 Å². The van der Waals surface area contributed by atoms with Crippen LogP contribution >= 0.6 is 0 Å². The minimum absolute atomic E-state index is 0.0311. The highest BCUT2D eigenvalue weighted by Crippen LogP contribution is 2.14. The number of rotatable bonds is 9. The summed E-state index contributed by atoms with van der Waals surface area (Å²) in [6.45, 7) is 5.94. The van der Waals surface area contributed by atoms with Crippen molar-refractivity contribution in [3.8, 4) is 0 Å². The molecule has 0 aliphatic rings. The molecule has 1 aromatic rings. The van der Waals surface area contributed by atoms with E-state index in [9.17, 15) is 8.42 Å². The maximum Gasteiger partial charge on any atom is 0.274 e. The lowest BCUT2D eigenvalue weighted by Gasteiger charge is -2.17. The van der Waals surface area contributed by atoms with Gasteiger partial charge in [0.2, 0.25) is 5.09 Å². The summed E-state index contributed by atoms with van der Waals surface area (Å²) in [6.07, 6.45) is 1.02. The van der Waals surface area contributed by atoms with Gasteiger partial charge >= 0.3 is 0 Å². The molecule has 116 valence electrons. The quantitative estimate of drug-likeness (QED) is 0.666. The van der Waals surface area contributed by atoms with E-state index in [0.29, 0.717) is 18.8 Å². The van der Waals surface area contributed by atoms with E-state index < -0.39 is 10.0 Å². The van der Waals surface area contributed by atoms with Crippen LogP contribution in [0.15, 0.2) is 21.6 Å². The summed E-state index contributed by atoms with van der Waals surface area (Å²) in [4.78, 5) is 1.93. The van der Waals surface area contributed by atoms with E-state index in [0.717, 1.165) is 13.0 Å². The van der Waals surface area contributed by atoms with Gasteiger partial charge in [-0.15, -0.1) is 0 Å². The smallest absolute Gasteiger partial charge is 0.274 e. The predicted octanol–water partition coefficient (Wildman–Crippen LogP) is 1.01. The monoisotopic (exact) mass is 303 g/mol. The molecule has 0 spiro atoms. The summed E-state index contributed by atoms with van der Waals surface area (Å²) in [7, 11) is 0.210. The third-order valence-electron chi connectivity index (χ3n) is 2.62. The molecule has 20 heavy (non-hydrogen) atoms. The van der Waals surface area contributed by atoms with Gasteiger partial charge in [-0.25, -0.2) is 13.1 Å². The number of furan rings is 1. The Bertz CT molecular complexity index is 497. The third-order valence-corrected chi connectivity index (χ3v) is 4.09. The SMILES string of the molecule is CCCNCc1ccc(S(=O)(=O)NC(C)CN(C)C)o1. The largest absolute Gasteiger partial charge is 0.447 e. The van der Waals surface area contributed by atoms with Crippen LogP contribution in [0.4, 0.5) is 0 Å². The highest BCUT2D eigenvalue weighted by Gasteiger charge is 2.21. The van der Waals surface area contributed by atoms with E-state index >= 15 is 0 Å². The van der Waals surface area contributed by atoms with Gasteiger partial charge in [-0.1, -0.05) is 6.92 Å². The molecule has 1 heterocycles. The molecule has 7 heteroatoms. The molecule has 1 rings (SSSR count). The van der Waals surface area contributed by atoms with E-state index in [1.54, 1.807) is 6.07 Å². The summed E-state index contributed by atoms with van der Waals surface area (Å²) in [5.41, 5.74) is 0. The molecule has 6 nitrogen and oxygen atoms in total. The van der Waals surface area contributed by atoms with Crippen molar-refractivity contribution in [2.75, 3.05) is 27.2 Å². The van der Waals surface area contributed by atoms with Crippen LogP contribution in [-0.4, -0.2) is 46.5 Å². The molecule has 0 saturated heterocycles. The Morgan fingerprint density at radius 1 is 1.35 bits per heavy atom. The van der Waals surface area contributed by atoms with Crippen LogP contribution in [-0.2, 0) is 16.6 Å². The fraction of sp³-hybridized carbons (Fsp3) is 0.692. The fourth-order valence-corrected chi connectivity index (χ4v) is 3.08. The topological polar surface area (TPSA) is 74.6 Å². The van der Waals surface area contributed by atoms with Gasteiger partial charge < -0.3 is 14.6 Å². The zero-order valence-corrected chi connectivity index (χ0v) is 13.5. The van der Waals surface area contributed by atoms with E-state index in [1.807, 2.05) is 25.9 Å². The standard InChI is InChI=1S/C13H25N3O3S/c1-5-8-14-9-12-6-7-13(19-12)20(17,18)15-11(2)10-16(3)4/h6-7,11,14-15H,5,8-10H2,1-4H3. The van der Waals surface area contributed by atoms with Crippen LogP contribution in [0.1, 0.15) is 26.0 Å². The van der Waals surface area contributed by atoms with Crippen molar-refractivity contribution in [3.05, 3.63) is 17.9 Å². The number of hydrogen-bond donors (Lipinski definition) is 2. The highest BCUT2D eigenvalue weighted by atomic mass is 32.2. The van der Waals surface area contributed by atoms with Gasteiger partial charge in [-0.2, -0.15) is 0 Å². The summed E-state index contributed by atoms with van der Waals surface area (Å²) in [6, 6.07) is 3.00. The van der Waals surface area contributed by atoms with Gasteiger partial charge in [-0.05, 0) is 46.1 Å². The second-order valence-electron chi connectivity index (χ2n) is 5.18. The van der Waals surface area contributed by atoms with Gasteiger partial charge in [0.05, 0.1) is 6.54 Å². The summed E-state index contributed by atoms with van der Waals surface area (Å²) in [5, 5.41) is 3.14. The lowest BCUT2D eigenvalue weighted by molar-refractivity contribution is 0.363. The molecule has 1 atom stereocenters. The van der Waals surface area contributed by atoms with E-state index in [2.05, 4.69) is 17.0 Å². The van der Waals surface area contributed by atoms with E-state index in [1.165, 1.54) is 6.07 Å². The zero-order chi connectivity index (χ0) is 15.2. The van der Waals surface area contributed by atoms with Crippen molar-refractivity contribution in [2.45, 2.75) is 37.9 Å². The first kappa shape index (κ1) is 17.2. The Morgan fingerprint density at radius 2 is 2.05 bits per heavy atom. The Morgan fingerprint density at radius 3 is 2.65 bits per heavy atom. The van der Waals surface area contributed by atoms with Gasteiger partial charge in [0.15, 0.2) is 0 Å². The lowest BCUT2D eigenvalue weighted by Crippen LogP contribution is -2.39. The summed E-state index contributed by atoms with van der Waals surface area (Å²) in [5.74, 6) is 0.624. The number of nitrogens with zero attached hydrogens (tertiary/aromatic N) is 1. The fourth-order valence-electron chi connectivity index (χ4n) is 1.89. The molecular weight excluding hydrogens is 278 g/mol. The normalized spacial score (nSPS) is 13.8. The highest BCUT2D eigenvalue weighted by molar-refractivity contribution is 7.89. The molecule has 0 bridgehead atoms. The Labute approximate surface area is 121 Å². The molecular formula is C13H25N3O3S. The second kappa shape index (κ2) is 7.78. The van der Waals surface area contributed by atoms with Gasteiger partial charge in [0.1, 0.15) is 5.76 Å². The maximum atomic E-state index is 12.1. The van der Waals surface area contributed by atoms with Crippen LogP contribution in [0.3, 0.4) is 0 Å². The third kappa shape index (κ3) is 5.62. The van der Waals surface area contributed by atoms with Crippen molar-refractivity contribution < 1.29 is 12.8 Å². The molecule has 1 unspecified atom stereocenters.